The monoisotopic (exact) mass is 505 g/mol. The maximum atomic E-state index is 5.48. The summed E-state index contributed by atoms with van der Waals surface area (Å²) in [6.07, 6.45) is 0.970. The van der Waals surface area contributed by atoms with Crippen molar-refractivity contribution < 1.29 is 14.2 Å². The fourth-order valence-corrected chi connectivity index (χ4v) is 3.20. The van der Waals surface area contributed by atoms with E-state index in [4.69, 9.17) is 14.2 Å². The van der Waals surface area contributed by atoms with Crippen LogP contribution in [-0.4, -0.2) is 40.4 Å². The highest BCUT2D eigenvalue weighted by molar-refractivity contribution is 14.0. The van der Waals surface area contributed by atoms with Gasteiger partial charge < -0.3 is 24.8 Å². The Hall–Kier alpha value is -1.68. The first-order chi connectivity index (χ1) is 12.7. The van der Waals surface area contributed by atoms with E-state index in [1.165, 1.54) is 4.88 Å². The van der Waals surface area contributed by atoms with Gasteiger partial charge in [-0.1, -0.05) is 6.07 Å². The lowest BCUT2D eigenvalue weighted by molar-refractivity contribution is 0.369. The Morgan fingerprint density at radius 3 is 2.30 bits per heavy atom. The van der Waals surface area contributed by atoms with E-state index in [-0.39, 0.29) is 24.0 Å². The number of aliphatic imine (C=N–C) groups is 1. The molecule has 1 aromatic heterocycles. The molecule has 0 radical (unpaired) electrons. The van der Waals surface area contributed by atoms with E-state index in [1.54, 1.807) is 32.7 Å². The van der Waals surface area contributed by atoms with Gasteiger partial charge in [-0.05, 0) is 24.8 Å². The van der Waals surface area contributed by atoms with Gasteiger partial charge in [-0.3, -0.25) is 0 Å². The minimum absolute atomic E-state index is 0. The van der Waals surface area contributed by atoms with Crippen molar-refractivity contribution in [3.63, 3.8) is 0 Å². The maximum absolute atomic E-state index is 5.48. The van der Waals surface area contributed by atoms with Crippen LogP contribution >= 0.6 is 35.3 Å². The van der Waals surface area contributed by atoms with E-state index in [0.29, 0.717) is 23.8 Å². The molecule has 0 spiro atoms. The number of nitrogens with zero attached hydrogens (tertiary/aromatic N) is 1. The SMILES string of the molecule is CCNC(=NCc1c(OC)cc(OC)cc1OC)NCCc1cccs1.I. The molecule has 0 atom stereocenters. The predicted molar refractivity (Wildman–Crippen MR) is 122 cm³/mol. The number of ether oxygens (including phenoxy) is 3. The zero-order valence-electron chi connectivity index (χ0n) is 16.2. The Balaban J connectivity index is 0.00000364. The summed E-state index contributed by atoms with van der Waals surface area (Å²) in [5, 5.41) is 8.73. The Labute approximate surface area is 182 Å². The van der Waals surface area contributed by atoms with E-state index in [9.17, 15) is 0 Å². The first-order valence-electron chi connectivity index (χ1n) is 8.55. The largest absolute Gasteiger partial charge is 0.496 e. The third-order valence-corrected chi connectivity index (χ3v) is 4.74. The molecular weight excluding hydrogens is 477 g/mol. The average Bonchev–Trinajstić information content (AvgIpc) is 3.18. The van der Waals surface area contributed by atoms with Crippen LogP contribution in [0.4, 0.5) is 0 Å². The zero-order valence-corrected chi connectivity index (χ0v) is 19.4. The normalized spacial score (nSPS) is 10.7. The van der Waals surface area contributed by atoms with Gasteiger partial charge in [0.2, 0.25) is 0 Å². The second kappa shape index (κ2) is 12.7. The molecule has 1 aromatic carbocycles. The summed E-state index contributed by atoms with van der Waals surface area (Å²) in [5.74, 6) is 2.84. The number of methoxy groups -OCH3 is 3. The topological polar surface area (TPSA) is 64.1 Å². The Bertz CT molecular complexity index is 683. The van der Waals surface area contributed by atoms with Crippen LogP contribution in [0.1, 0.15) is 17.4 Å². The molecule has 1 heterocycles. The van der Waals surface area contributed by atoms with Crippen LogP contribution in [0.15, 0.2) is 34.6 Å². The van der Waals surface area contributed by atoms with Crippen molar-refractivity contribution >= 4 is 41.3 Å². The zero-order chi connectivity index (χ0) is 18.8. The average molecular weight is 505 g/mol. The van der Waals surface area contributed by atoms with Crippen LogP contribution < -0.4 is 24.8 Å². The minimum Gasteiger partial charge on any atom is -0.496 e. The number of rotatable bonds is 9. The van der Waals surface area contributed by atoms with E-state index in [1.807, 2.05) is 19.1 Å². The van der Waals surface area contributed by atoms with Crippen LogP contribution in [0.5, 0.6) is 17.2 Å². The van der Waals surface area contributed by atoms with Crippen LogP contribution in [0.2, 0.25) is 0 Å². The summed E-state index contributed by atoms with van der Waals surface area (Å²) in [4.78, 5) is 6.03. The molecule has 6 nitrogen and oxygen atoms in total. The van der Waals surface area contributed by atoms with Gasteiger partial charge in [0.25, 0.3) is 0 Å². The minimum atomic E-state index is 0. The summed E-state index contributed by atoms with van der Waals surface area (Å²) in [6, 6.07) is 7.89. The summed E-state index contributed by atoms with van der Waals surface area (Å²) in [5.41, 5.74) is 0.881. The van der Waals surface area contributed by atoms with Gasteiger partial charge in [-0.25, -0.2) is 4.99 Å². The van der Waals surface area contributed by atoms with Gasteiger partial charge in [0, 0.05) is 30.1 Å². The molecule has 27 heavy (non-hydrogen) atoms. The Kier molecular flexibility index (Phi) is 11.0. The molecule has 0 aliphatic carbocycles. The first-order valence-corrected chi connectivity index (χ1v) is 9.43. The maximum Gasteiger partial charge on any atom is 0.191 e. The smallest absolute Gasteiger partial charge is 0.191 e. The third kappa shape index (κ3) is 7.10. The van der Waals surface area contributed by atoms with Gasteiger partial charge in [0.1, 0.15) is 17.2 Å². The van der Waals surface area contributed by atoms with Crippen LogP contribution in [0.3, 0.4) is 0 Å². The summed E-state index contributed by atoms with van der Waals surface area (Å²) < 4.78 is 16.3. The molecule has 0 amide bonds. The molecule has 0 unspecified atom stereocenters. The lowest BCUT2D eigenvalue weighted by Crippen LogP contribution is -2.38. The van der Waals surface area contributed by atoms with Gasteiger partial charge >= 0.3 is 0 Å². The van der Waals surface area contributed by atoms with Gasteiger partial charge in [-0.2, -0.15) is 0 Å². The molecule has 8 heteroatoms. The fraction of sp³-hybridized carbons (Fsp3) is 0.421. The number of guanidine groups is 1. The Morgan fingerprint density at radius 2 is 1.78 bits per heavy atom. The highest BCUT2D eigenvalue weighted by Crippen LogP contribution is 2.34. The van der Waals surface area contributed by atoms with E-state index >= 15 is 0 Å². The second-order valence-corrected chi connectivity index (χ2v) is 6.49. The molecule has 0 saturated carbocycles. The molecule has 0 aliphatic rings. The van der Waals surface area contributed by atoms with Crippen LogP contribution in [-0.2, 0) is 13.0 Å². The fourth-order valence-electron chi connectivity index (χ4n) is 2.49. The van der Waals surface area contributed by atoms with E-state index in [0.717, 1.165) is 31.0 Å². The lowest BCUT2D eigenvalue weighted by atomic mass is 10.1. The van der Waals surface area contributed by atoms with Crippen molar-refractivity contribution in [2.45, 2.75) is 19.9 Å². The summed E-state index contributed by atoms with van der Waals surface area (Å²) in [6.45, 7) is 4.10. The van der Waals surface area contributed by atoms with Crippen molar-refractivity contribution in [2.24, 2.45) is 4.99 Å². The number of hydrogen-bond acceptors (Lipinski definition) is 5. The molecule has 0 bridgehead atoms. The molecule has 2 N–H and O–H groups in total. The molecule has 0 aliphatic heterocycles. The number of benzene rings is 1. The molecule has 150 valence electrons. The molecule has 0 saturated heterocycles. The van der Waals surface area contributed by atoms with E-state index < -0.39 is 0 Å². The van der Waals surface area contributed by atoms with Crippen LogP contribution in [0.25, 0.3) is 0 Å². The second-order valence-electron chi connectivity index (χ2n) is 5.46. The van der Waals surface area contributed by atoms with E-state index in [2.05, 4.69) is 33.1 Å². The van der Waals surface area contributed by atoms with Crippen molar-refractivity contribution in [3.05, 3.63) is 40.1 Å². The molecule has 2 aromatic rings. The quantitative estimate of drug-likeness (QED) is 0.309. The summed E-state index contributed by atoms with van der Waals surface area (Å²) >= 11 is 1.77. The predicted octanol–water partition coefficient (Wildman–Crippen LogP) is 3.69. The highest BCUT2D eigenvalue weighted by atomic mass is 127. The van der Waals surface area contributed by atoms with Crippen molar-refractivity contribution in [2.75, 3.05) is 34.4 Å². The molecule has 2 rings (SSSR count). The number of halogens is 1. The Morgan fingerprint density at radius 1 is 1.07 bits per heavy atom. The third-order valence-electron chi connectivity index (χ3n) is 3.80. The van der Waals surface area contributed by atoms with Gasteiger partial charge in [-0.15, -0.1) is 35.3 Å². The number of thiophene rings is 1. The standard InChI is InChI=1S/C19H27N3O3S.HI/c1-5-20-19(21-9-8-15-7-6-10-26-15)22-13-16-17(24-3)11-14(23-2)12-18(16)25-4;/h6-7,10-12H,5,8-9,13H2,1-4H3,(H2,20,21,22);1H. The highest BCUT2D eigenvalue weighted by Gasteiger charge is 2.13. The number of hydrogen-bond donors (Lipinski definition) is 2. The van der Waals surface area contributed by atoms with Gasteiger partial charge in [0.05, 0.1) is 33.4 Å². The van der Waals surface area contributed by atoms with Gasteiger partial charge in [0.15, 0.2) is 5.96 Å². The first kappa shape index (κ1) is 23.4. The lowest BCUT2D eigenvalue weighted by Gasteiger charge is -2.15. The van der Waals surface area contributed by atoms with Crippen LogP contribution in [0, 0.1) is 0 Å². The van der Waals surface area contributed by atoms with Crippen molar-refractivity contribution in [1.82, 2.24) is 10.6 Å². The van der Waals surface area contributed by atoms with Crippen molar-refractivity contribution in [3.8, 4) is 17.2 Å². The summed E-state index contributed by atoms with van der Waals surface area (Å²) in [7, 11) is 4.88. The molecule has 0 fully saturated rings. The molecular formula is C19H28IN3O3S. The number of nitrogens with one attached hydrogen (secondary N) is 2. The van der Waals surface area contributed by atoms with Crippen molar-refractivity contribution in [1.29, 1.82) is 0 Å².